The molecule has 0 bridgehead atoms. The molecule has 0 amide bonds. The van der Waals surface area contributed by atoms with Crippen LogP contribution in [0, 0.1) is 0 Å². The first-order valence-corrected chi connectivity index (χ1v) is 4.37. The average molecular weight is 204 g/mol. The number of allylic oxidation sites excluding steroid dienone is 1. The largest absolute Gasteiger partial charge is 0.507 e. The third-order valence-corrected chi connectivity index (χ3v) is 2.30. The first-order valence-electron chi connectivity index (χ1n) is 4.37. The third kappa shape index (κ3) is 1.35. The average Bonchev–Trinajstić information content (AvgIpc) is 2.23. The molecule has 1 aliphatic carbocycles. The maximum absolute atomic E-state index is 11.7. The van der Waals surface area contributed by atoms with E-state index < -0.39 is 18.2 Å². The van der Waals surface area contributed by atoms with Crippen LogP contribution in [-0.2, 0) is 0 Å². The van der Waals surface area contributed by atoms with Gasteiger partial charge in [0.15, 0.2) is 11.6 Å². The molecule has 1 aromatic rings. The summed E-state index contributed by atoms with van der Waals surface area (Å²) in [7, 11) is 0. The molecule has 0 unspecified atom stereocenters. The molecule has 0 saturated heterocycles. The molecule has 0 heterocycles. The van der Waals surface area contributed by atoms with Crippen LogP contribution in [0.5, 0.6) is 5.75 Å². The van der Waals surface area contributed by atoms with Crippen molar-refractivity contribution < 1.29 is 19.8 Å². The molecule has 2 rings (SSSR count). The van der Waals surface area contributed by atoms with E-state index >= 15 is 0 Å². The molecule has 2 N–H and O–H groups in total. The summed E-state index contributed by atoms with van der Waals surface area (Å²) >= 11 is 0. The second-order valence-electron chi connectivity index (χ2n) is 3.22. The summed E-state index contributed by atoms with van der Waals surface area (Å²) in [4.78, 5) is 23.2. The van der Waals surface area contributed by atoms with Crippen molar-refractivity contribution in [2.45, 2.75) is 0 Å². The van der Waals surface area contributed by atoms with Gasteiger partial charge in [-0.15, -0.1) is 0 Å². The Labute approximate surface area is 85.5 Å². The minimum absolute atomic E-state index is 0.0136. The van der Waals surface area contributed by atoms with Gasteiger partial charge in [0.05, 0.1) is 12.2 Å². The number of aliphatic hydroxyl groups excluding tert-OH is 1. The zero-order valence-corrected chi connectivity index (χ0v) is 7.73. The van der Waals surface area contributed by atoms with Crippen LogP contribution < -0.4 is 0 Å². The lowest BCUT2D eigenvalue weighted by atomic mass is 9.89. The summed E-state index contributed by atoms with van der Waals surface area (Å²) in [5, 5.41) is 18.3. The number of rotatable bonds is 1. The van der Waals surface area contributed by atoms with Gasteiger partial charge in [-0.3, -0.25) is 9.59 Å². The number of phenolic OH excluding ortho intramolecular Hbond substituents is 1. The maximum Gasteiger partial charge on any atom is 0.192 e. The summed E-state index contributed by atoms with van der Waals surface area (Å²) in [6.45, 7) is -0.473. The Morgan fingerprint density at radius 2 is 1.93 bits per heavy atom. The topological polar surface area (TPSA) is 74.6 Å². The lowest BCUT2D eigenvalue weighted by molar-refractivity contribution is 0.0970. The highest BCUT2D eigenvalue weighted by Crippen LogP contribution is 2.27. The molecule has 1 aliphatic rings. The number of Topliss-reactive ketones (excluding diaryl/α,β-unsaturated/α-hetero) is 1. The molecule has 0 aromatic heterocycles. The number of carbonyl (C=O) groups excluding carboxylic acids is 2. The molecule has 0 atom stereocenters. The molecule has 76 valence electrons. The predicted octanol–water partition coefficient (Wildman–Crippen LogP) is 0.690. The summed E-state index contributed by atoms with van der Waals surface area (Å²) < 4.78 is 0. The van der Waals surface area contributed by atoms with E-state index in [1.54, 1.807) is 0 Å². The van der Waals surface area contributed by atoms with Crippen LogP contribution in [0.3, 0.4) is 0 Å². The van der Waals surface area contributed by atoms with Crippen molar-refractivity contribution in [1.29, 1.82) is 0 Å². The minimum atomic E-state index is -0.473. The second-order valence-corrected chi connectivity index (χ2v) is 3.22. The van der Waals surface area contributed by atoms with E-state index in [9.17, 15) is 14.7 Å². The molecule has 1 aromatic carbocycles. The van der Waals surface area contributed by atoms with Crippen LogP contribution in [-0.4, -0.2) is 28.4 Å². The van der Waals surface area contributed by atoms with Gasteiger partial charge in [0.25, 0.3) is 0 Å². The molecule has 0 radical (unpaired) electrons. The van der Waals surface area contributed by atoms with Crippen LogP contribution >= 0.6 is 0 Å². The van der Waals surface area contributed by atoms with Gasteiger partial charge in [-0.25, -0.2) is 0 Å². The number of phenols is 1. The van der Waals surface area contributed by atoms with Crippen molar-refractivity contribution in [3.8, 4) is 5.75 Å². The number of ketones is 2. The van der Waals surface area contributed by atoms with Gasteiger partial charge in [-0.05, 0) is 12.1 Å². The molecule has 0 aliphatic heterocycles. The molecule has 15 heavy (non-hydrogen) atoms. The van der Waals surface area contributed by atoms with Crippen molar-refractivity contribution in [3.05, 3.63) is 41.0 Å². The molecule has 0 spiro atoms. The Hall–Kier alpha value is -1.94. The number of hydrogen-bond donors (Lipinski definition) is 2. The van der Waals surface area contributed by atoms with Gasteiger partial charge >= 0.3 is 0 Å². The second kappa shape index (κ2) is 3.33. The zero-order valence-electron chi connectivity index (χ0n) is 7.73. The van der Waals surface area contributed by atoms with Gasteiger partial charge < -0.3 is 10.2 Å². The van der Waals surface area contributed by atoms with Crippen LogP contribution in [0.2, 0.25) is 0 Å². The van der Waals surface area contributed by atoms with E-state index in [-0.39, 0.29) is 22.4 Å². The number of aromatic hydroxyl groups is 1. The zero-order chi connectivity index (χ0) is 11.0. The van der Waals surface area contributed by atoms with E-state index in [0.717, 1.165) is 6.08 Å². The molecule has 0 fully saturated rings. The maximum atomic E-state index is 11.7. The molecular weight excluding hydrogens is 196 g/mol. The van der Waals surface area contributed by atoms with Crippen molar-refractivity contribution in [3.63, 3.8) is 0 Å². The van der Waals surface area contributed by atoms with Gasteiger partial charge in [0.1, 0.15) is 5.75 Å². The Kier molecular flexibility index (Phi) is 2.13. The van der Waals surface area contributed by atoms with Crippen LogP contribution in [0.4, 0.5) is 0 Å². The fourth-order valence-corrected chi connectivity index (χ4v) is 1.57. The van der Waals surface area contributed by atoms with E-state index in [4.69, 9.17) is 5.11 Å². The minimum Gasteiger partial charge on any atom is -0.507 e. The Morgan fingerprint density at radius 3 is 2.60 bits per heavy atom. The number of fused-ring (bicyclic) bond motifs is 1. The van der Waals surface area contributed by atoms with Gasteiger partial charge in [0.2, 0.25) is 0 Å². The van der Waals surface area contributed by atoms with Crippen molar-refractivity contribution in [2.24, 2.45) is 0 Å². The van der Waals surface area contributed by atoms with E-state index in [1.165, 1.54) is 18.2 Å². The molecule has 4 heteroatoms. The van der Waals surface area contributed by atoms with Gasteiger partial charge in [-0.1, -0.05) is 12.1 Å². The highest BCUT2D eigenvalue weighted by atomic mass is 16.3. The highest BCUT2D eigenvalue weighted by molar-refractivity contribution is 6.25. The van der Waals surface area contributed by atoms with E-state index in [2.05, 4.69) is 0 Å². The fraction of sp³-hybridized carbons (Fsp3) is 0.0909. The first-order chi connectivity index (χ1) is 7.15. The van der Waals surface area contributed by atoms with E-state index in [1.807, 2.05) is 0 Å². The summed E-state index contributed by atoms with van der Waals surface area (Å²) in [5.74, 6) is -1.08. The summed E-state index contributed by atoms with van der Waals surface area (Å²) in [5.41, 5.74) is 0.212. The van der Waals surface area contributed by atoms with Crippen molar-refractivity contribution in [1.82, 2.24) is 0 Å². The Balaban J connectivity index is 2.67. The first kappa shape index (κ1) is 9.61. The number of carbonyl (C=O) groups is 2. The summed E-state index contributed by atoms with van der Waals surface area (Å²) in [6.07, 6.45) is 1.06. The molecule has 0 saturated carbocycles. The van der Waals surface area contributed by atoms with Crippen molar-refractivity contribution in [2.75, 3.05) is 6.61 Å². The predicted molar refractivity (Wildman–Crippen MR) is 51.9 cm³/mol. The number of benzene rings is 1. The lowest BCUT2D eigenvalue weighted by Crippen LogP contribution is -2.18. The quantitative estimate of drug-likeness (QED) is 0.705. The van der Waals surface area contributed by atoms with E-state index in [0.29, 0.717) is 0 Å². The molecule has 4 nitrogen and oxygen atoms in total. The highest BCUT2D eigenvalue weighted by Gasteiger charge is 2.26. The van der Waals surface area contributed by atoms with Crippen molar-refractivity contribution >= 4 is 11.6 Å². The van der Waals surface area contributed by atoms with Gasteiger partial charge in [-0.2, -0.15) is 0 Å². The Bertz CT molecular complexity index is 485. The lowest BCUT2D eigenvalue weighted by Gasteiger charge is -2.14. The summed E-state index contributed by atoms with van der Waals surface area (Å²) in [6, 6.07) is 4.29. The van der Waals surface area contributed by atoms with Crippen LogP contribution in [0.15, 0.2) is 29.8 Å². The fourth-order valence-electron chi connectivity index (χ4n) is 1.57. The van der Waals surface area contributed by atoms with Crippen LogP contribution in [0.25, 0.3) is 0 Å². The van der Waals surface area contributed by atoms with Crippen LogP contribution in [0.1, 0.15) is 20.7 Å². The Morgan fingerprint density at radius 1 is 1.20 bits per heavy atom. The standard InChI is InChI=1S/C11H8O4/c12-5-6-4-9(14)10-7(11(6)15)2-1-3-8(10)13/h1-4,12-13H,5H2. The van der Waals surface area contributed by atoms with Gasteiger partial charge in [0, 0.05) is 11.1 Å². The smallest absolute Gasteiger partial charge is 0.192 e. The molecular formula is C11H8O4. The SMILES string of the molecule is O=C1C(CO)=CC(=O)c2c(O)cccc21. The number of hydrogen-bond acceptors (Lipinski definition) is 4. The normalized spacial score (nSPS) is 14.9. The third-order valence-electron chi connectivity index (χ3n) is 2.30. The monoisotopic (exact) mass is 204 g/mol. The number of aliphatic hydroxyl groups is 1.